The van der Waals surface area contributed by atoms with Crippen LogP contribution in [0.5, 0.6) is 0 Å². The van der Waals surface area contributed by atoms with E-state index in [0.717, 1.165) is 22.4 Å². The number of para-hydroxylation sites is 1. The monoisotopic (exact) mass is 436 g/mol. The fourth-order valence-corrected chi connectivity index (χ4v) is 3.74. The van der Waals surface area contributed by atoms with Crippen molar-refractivity contribution in [1.29, 1.82) is 5.26 Å². The fraction of sp³-hybridized carbons (Fsp3) is 0. The van der Waals surface area contributed by atoms with Crippen molar-refractivity contribution in [1.82, 2.24) is 14.6 Å². The molecule has 6 nitrogen and oxygen atoms in total. The molecule has 5 aromatic rings. The number of hydrogen-bond acceptors (Lipinski definition) is 5. The lowest BCUT2D eigenvalue weighted by atomic mass is 10.1. The van der Waals surface area contributed by atoms with Crippen molar-refractivity contribution >= 4 is 34.6 Å². The summed E-state index contributed by atoms with van der Waals surface area (Å²) < 4.78 is 1.52. The lowest BCUT2D eigenvalue weighted by Crippen LogP contribution is -2.06. The van der Waals surface area contributed by atoms with Gasteiger partial charge in [-0.05, 0) is 29.8 Å². The van der Waals surface area contributed by atoms with E-state index >= 15 is 0 Å². The molecule has 2 heterocycles. The van der Waals surface area contributed by atoms with Crippen LogP contribution >= 0.6 is 11.6 Å². The second-order valence-electron chi connectivity index (χ2n) is 7.16. The lowest BCUT2D eigenvalue weighted by molar-refractivity contribution is 0.953. The van der Waals surface area contributed by atoms with Gasteiger partial charge in [-0.25, -0.2) is 4.98 Å². The van der Waals surface area contributed by atoms with Crippen LogP contribution < -0.4 is 11.1 Å². The molecule has 0 saturated carbocycles. The van der Waals surface area contributed by atoms with Gasteiger partial charge in [-0.3, -0.25) is 0 Å². The Labute approximate surface area is 189 Å². The number of nitrogen functional groups attached to an aromatic ring is 1. The van der Waals surface area contributed by atoms with Gasteiger partial charge in [-0.1, -0.05) is 72.3 Å². The van der Waals surface area contributed by atoms with Crippen LogP contribution in [0.4, 0.5) is 17.3 Å². The first-order valence-electron chi connectivity index (χ1n) is 9.91. The molecule has 0 saturated heterocycles. The number of rotatable bonds is 4. The Kier molecular flexibility index (Phi) is 4.94. The Balaban J connectivity index is 1.81. The van der Waals surface area contributed by atoms with Crippen LogP contribution in [0.1, 0.15) is 5.56 Å². The molecule has 0 spiro atoms. The smallest absolute Gasteiger partial charge is 0.168 e. The molecule has 5 rings (SSSR count). The zero-order chi connectivity index (χ0) is 22.1. The molecule has 3 aromatic carbocycles. The first kappa shape index (κ1) is 19.6. The Morgan fingerprint density at radius 3 is 2.19 bits per heavy atom. The number of nitrogens with one attached hydrogen (secondary N) is 1. The van der Waals surface area contributed by atoms with Gasteiger partial charge in [-0.15, -0.1) is 5.10 Å². The average Bonchev–Trinajstić information content (AvgIpc) is 3.19. The maximum absolute atomic E-state index is 9.85. The Bertz CT molecular complexity index is 1450. The summed E-state index contributed by atoms with van der Waals surface area (Å²) in [7, 11) is 0. The molecule has 0 fully saturated rings. The third-order valence-electron chi connectivity index (χ3n) is 5.13. The predicted octanol–water partition coefficient (Wildman–Crippen LogP) is 5.91. The SMILES string of the molecule is N#Cc1c(-c2ccc(Cl)cc2)nc2c(-c3ccccc3)c(Nc3ccccc3)nn2c1N. The van der Waals surface area contributed by atoms with Crippen molar-refractivity contribution in [3.8, 4) is 28.5 Å². The minimum absolute atomic E-state index is 0.223. The number of halogens is 1. The number of nitriles is 1. The highest BCUT2D eigenvalue weighted by Gasteiger charge is 2.22. The Morgan fingerprint density at radius 2 is 1.53 bits per heavy atom. The molecule has 7 heteroatoms. The van der Waals surface area contributed by atoms with E-state index in [1.165, 1.54) is 4.52 Å². The molecular weight excluding hydrogens is 420 g/mol. The van der Waals surface area contributed by atoms with Gasteiger partial charge < -0.3 is 11.1 Å². The Hall–Kier alpha value is -4.34. The van der Waals surface area contributed by atoms with Crippen LogP contribution in [0, 0.1) is 11.3 Å². The van der Waals surface area contributed by atoms with Crippen molar-refractivity contribution < 1.29 is 0 Å². The molecule has 154 valence electrons. The highest BCUT2D eigenvalue weighted by atomic mass is 35.5. The minimum Gasteiger partial charge on any atom is -0.382 e. The van der Waals surface area contributed by atoms with Crippen molar-refractivity contribution in [2.24, 2.45) is 0 Å². The maximum atomic E-state index is 9.85. The highest BCUT2D eigenvalue weighted by molar-refractivity contribution is 6.30. The lowest BCUT2D eigenvalue weighted by Gasteiger charge is -2.09. The zero-order valence-electron chi connectivity index (χ0n) is 16.8. The third-order valence-corrected chi connectivity index (χ3v) is 5.38. The van der Waals surface area contributed by atoms with Crippen molar-refractivity contribution in [2.75, 3.05) is 11.1 Å². The highest BCUT2D eigenvalue weighted by Crippen LogP contribution is 2.37. The van der Waals surface area contributed by atoms with Crippen LogP contribution in [0.3, 0.4) is 0 Å². The number of fused-ring (bicyclic) bond motifs is 1. The second-order valence-corrected chi connectivity index (χ2v) is 7.59. The van der Waals surface area contributed by atoms with E-state index < -0.39 is 0 Å². The van der Waals surface area contributed by atoms with Gasteiger partial charge in [0.05, 0.1) is 11.3 Å². The number of nitrogens with zero attached hydrogens (tertiary/aromatic N) is 4. The van der Waals surface area contributed by atoms with Gasteiger partial charge in [0, 0.05) is 16.3 Å². The molecule has 2 aromatic heterocycles. The molecule has 0 aliphatic carbocycles. The number of benzene rings is 3. The number of aromatic nitrogens is 3. The summed E-state index contributed by atoms with van der Waals surface area (Å²) in [6.07, 6.45) is 0. The molecule has 0 radical (unpaired) electrons. The standard InChI is InChI=1S/C25H17ClN6/c26-18-13-11-17(12-14-18)22-20(15-27)23(28)32-25(30-22)21(16-7-3-1-4-8-16)24(31-32)29-19-9-5-2-6-10-19/h1-14H,28H2,(H,29,31). The van der Waals surface area contributed by atoms with Crippen LogP contribution in [0.25, 0.3) is 28.0 Å². The van der Waals surface area contributed by atoms with E-state index in [1.807, 2.05) is 72.8 Å². The largest absolute Gasteiger partial charge is 0.382 e. The summed E-state index contributed by atoms with van der Waals surface area (Å²) in [6.45, 7) is 0. The van der Waals surface area contributed by atoms with Crippen LogP contribution in [-0.4, -0.2) is 14.6 Å². The first-order chi connectivity index (χ1) is 15.7. The second kappa shape index (κ2) is 8.06. The summed E-state index contributed by atoms with van der Waals surface area (Å²) >= 11 is 6.05. The van der Waals surface area contributed by atoms with E-state index in [9.17, 15) is 5.26 Å². The van der Waals surface area contributed by atoms with Crippen LogP contribution in [-0.2, 0) is 0 Å². The minimum atomic E-state index is 0.223. The van der Waals surface area contributed by atoms with Gasteiger partial charge in [0.1, 0.15) is 17.5 Å². The quantitative estimate of drug-likeness (QED) is 0.365. The van der Waals surface area contributed by atoms with E-state index in [0.29, 0.717) is 22.2 Å². The summed E-state index contributed by atoms with van der Waals surface area (Å²) in [5.74, 6) is 0.819. The number of nitrogens with two attached hydrogens (primary N) is 1. The molecule has 0 atom stereocenters. The molecule has 32 heavy (non-hydrogen) atoms. The van der Waals surface area contributed by atoms with Gasteiger partial charge in [-0.2, -0.15) is 9.78 Å². The summed E-state index contributed by atoms with van der Waals surface area (Å²) in [6, 6.07) is 28.9. The van der Waals surface area contributed by atoms with Gasteiger partial charge in [0.15, 0.2) is 11.5 Å². The molecular formula is C25H17ClN6. The normalized spacial score (nSPS) is 10.8. The fourth-order valence-electron chi connectivity index (χ4n) is 3.61. The predicted molar refractivity (Wildman–Crippen MR) is 128 cm³/mol. The van der Waals surface area contributed by atoms with Gasteiger partial charge in [0.25, 0.3) is 0 Å². The van der Waals surface area contributed by atoms with Gasteiger partial charge in [0.2, 0.25) is 0 Å². The van der Waals surface area contributed by atoms with E-state index in [1.54, 1.807) is 12.1 Å². The van der Waals surface area contributed by atoms with E-state index in [2.05, 4.69) is 16.5 Å². The maximum Gasteiger partial charge on any atom is 0.168 e. The number of hydrogen-bond donors (Lipinski definition) is 2. The summed E-state index contributed by atoms with van der Waals surface area (Å²) in [5.41, 5.74) is 11.1. The van der Waals surface area contributed by atoms with Crippen LogP contribution in [0.2, 0.25) is 5.02 Å². The van der Waals surface area contributed by atoms with E-state index in [-0.39, 0.29) is 11.4 Å². The van der Waals surface area contributed by atoms with E-state index in [4.69, 9.17) is 22.3 Å². The first-order valence-corrected chi connectivity index (χ1v) is 10.3. The van der Waals surface area contributed by atoms with Gasteiger partial charge >= 0.3 is 0 Å². The van der Waals surface area contributed by atoms with Crippen molar-refractivity contribution in [2.45, 2.75) is 0 Å². The van der Waals surface area contributed by atoms with Crippen molar-refractivity contribution in [3.05, 3.63) is 95.5 Å². The topological polar surface area (TPSA) is 92.0 Å². The molecule has 0 aliphatic heterocycles. The summed E-state index contributed by atoms with van der Waals surface area (Å²) in [4.78, 5) is 4.86. The average molecular weight is 437 g/mol. The number of anilines is 3. The third kappa shape index (κ3) is 3.41. The Morgan fingerprint density at radius 1 is 0.875 bits per heavy atom. The van der Waals surface area contributed by atoms with Crippen LogP contribution in [0.15, 0.2) is 84.9 Å². The molecule has 3 N–H and O–H groups in total. The van der Waals surface area contributed by atoms with Crippen molar-refractivity contribution in [3.63, 3.8) is 0 Å². The molecule has 0 aliphatic rings. The molecule has 0 bridgehead atoms. The zero-order valence-corrected chi connectivity index (χ0v) is 17.6. The summed E-state index contributed by atoms with van der Waals surface area (Å²) in [5, 5.41) is 18.5. The molecule has 0 unspecified atom stereocenters. The molecule has 0 amide bonds.